The lowest BCUT2D eigenvalue weighted by Gasteiger charge is -2.48. The van der Waals surface area contributed by atoms with Gasteiger partial charge in [0, 0.05) is 0 Å². The zero-order valence-electron chi connectivity index (χ0n) is 15.9. The number of hydrogen-bond donors (Lipinski definition) is 0. The fraction of sp³-hybridized carbons (Fsp3) is 1.00. The molecule has 0 aromatic heterocycles. The van der Waals surface area contributed by atoms with Gasteiger partial charge < -0.3 is 0 Å². The van der Waals surface area contributed by atoms with Crippen LogP contribution in [-0.2, 0) is 0 Å². The van der Waals surface area contributed by atoms with E-state index >= 15 is 0 Å². The molecule has 0 N–H and O–H groups in total. The van der Waals surface area contributed by atoms with Crippen LogP contribution in [0, 0.1) is 22.7 Å². The molecule has 0 heteroatoms. The van der Waals surface area contributed by atoms with Crippen molar-refractivity contribution in [1.82, 2.24) is 0 Å². The average molecular weight is 295 g/mol. The largest absolute Gasteiger partial charge is 0.0649 e. The van der Waals surface area contributed by atoms with E-state index in [1.807, 2.05) is 0 Å². The fourth-order valence-corrected chi connectivity index (χ4v) is 5.03. The van der Waals surface area contributed by atoms with Gasteiger partial charge in [-0.05, 0) is 29.1 Å². The van der Waals surface area contributed by atoms with Crippen LogP contribution in [0.15, 0.2) is 0 Å². The molecule has 0 nitrogen and oxygen atoms in total. The third kappa shape index (κ3) is 4.49. The third-order valence-corrected chi connectivity index (χ3v) is 7.54. The summed E-state index contributed by atoms with van der Waals surface area (Å²) in [7, 11) is 0. The van der Waals surface area contributed by atoms with Crippen LogP contribution in [0.2, 0.25) is 0 Å². The molecule has 1 saturated carbocycles. The van der Waals surface area contributed by atoms with Crippen LogP contribution in [0.1, 0.15) is 112 Å². The summed E-state index contributed by atoms with van der Waals surface area (Å²) in [5.74, 6) is 1.97. The first-order valence-corrected chi connectivity index (χ1v) is 10.0. The summed E-state index contributed by atoms with van der Waals surface area (Å²) >= 11 is 0. The summed E-state index contributed by atoms with van der Waals surface area (Å²) in [5, 5.41) is 0. The van der Waals surface area contributed by atoms with Gasteiger partial charge in [-0.25, -0.2) is 0 Å². The minimum Gasteiger partial charge on any atom is -0.0649 e. The topological polar surface area (TPSA) is 0 Å². The van der Waals surface area contributed by atoms with Gasteiger partial charge in [-0.1, -0.05) is 106 Å². The van der Waals surface area contributed by atoms with Crippen molar-refractivity contribution < 1.29 is 0 Å². The summed E-state index contributed by atoms with van der Waals surface area (Å²) in [4.78, 5) is 0. The predicted molar refractivity (Wildman–Crippen MR) is 96.7 cm³/mol. The van der Waals surface area contributed by atoms with Crippen LogP contribution in [0.4, 0.5) is 0 Å². The second kappa shape index (κ2) is 8.59. The maximum Gasteiger partial charge on any atom is -0.0274 e. The Kier molecular flexibility index (Phi) is 7.79. The quantitative estimate of drug-likeness (QED) is 0.410. The molecule has 1 fully saturated rings. The van der Waals surface area contributed by atoms with Crippen molar-refractivity contribution in [2.45, 2.75) is 112 Å². The molecule has 0 bridgehead atoms. The molecule has 0 spiro atoms. The van der Waals surface area contributed by atoms with Crippen LogP contribution in [0.3, 0.4) is 0 Å². The lowest BCUT2D eigenvalue weighted by atomic mass is 9.57. The summed E-state index contributed by atoms with van der Waals surface area (Å²) in [6.07, 6.45) is 15.8. The number of rotatable bonds is 9. The van der Waals surface area contributed by atoms with Gasteiger partial charge in [0.1, 0.15) is 0 Å². The monoisotopic (exact) mass is 294 g/mol. The smallest absolute Gasteiger partial charge is 0.0274 e. The molecule has 1 rings (SSSR count). The molecule has 0 aliphatic heterocycles. The van der Waals surface area contributed by atoms with Crippen LogP contribution in [0.5, 0.6) is 0 Å². The molecule has 0 aromatic carbocycles. The molecule has 1 atom stereocenters. The van der Waals surface area contributed by atoms with E-state index in [9.17, 15) is 0 Å². The second-order valence-corrected chi connectivity index (χ2v) is 8.15. The van der Waals surface area contributed by atoms with Gasteiger partial charge in [-0.2, -0.15) is 0 Å². The molecular weight excluding hydrogens is 252 g/mol. The Morgan fingerprint density at radius 1 is 0.762 bits per heavy atom. The Morgan fingerprint density at radius 3 is 1.62 bits per heavy atom. The first-order valence-electron chi connectivity index (χ1n) is 10.0. The molecule has 0 radical (unpaired) electrons. The van der Waals surface area contributed by atoms with E-state index in [2.05, 4.69) is 41.5 Å². The summed E-state index contributed by atoms with van der Waals surface area (Å²) < 4.78 is 0. The molecule has 1 unspecified atom stereocenters. The highest BCUT2D eigenvalue weighted by Gasteiger charge is 2.42. The van der Waals surface area contributed by atoms with Gasteiger partial charge in [0.25, 0.3) is 0 Å². The van der Waals surface area contributed by atoms with Gasteiger partial charge >= 0.3 is 0 Å². The first-order chi connectivity index (χ1) is 10.0. The Balaban J connectivity index is 3.03. The van der Waals surface area contributed by atoms with E-state index in [0.717, 1.165) is 11.8 Å². The van der Waals surface area contributed by atoms with E-state index in [4.69, 9.17) is 0 Å². The molecule has 126 valence electrons. The van der Waals surface area contributed by atoms with Crippen molar-refractivity contribution in [3.8, 4) is 0 Å². The summed E-state index contributed by atoms with van der Waals surface area (Å²) in [6.45, 7) is 14.7. The number of hydrogen-bond acceptors (Lipinski definition) is 0. The van der Waals surface area contributed by atoms with E-state index < -0.39 is 0 Å². The Labute approximate surface area is 135 Å². The van der Waals surface area contributed by atoms with Gasteiger partial charge in [-0.15, -0.1) is 0 Å². The predicted octanol–water partition coefficient (Wildman–Crippen LogP) is 7.62. The standard InChI is InChI=1S/C21H42/c1-7-20(6,8-2)17-19(18-15-13-12-14-16-18)21(9-3,10-4)11-5/h18-19H,7-17H2,1-6H3. The molecule has 0 saturated heterocycles. The minimum atomic E-state index is 0.562. The maximum atomic E-state index is 2.55. The molecule has 1 aliphatic carbocycles. The molecular formula is C21H42. The van der Waals surface area contributed by atoms with Gasteiger partial charge in [0.15, 0.2) is 0 Å². The van der Waals surface area contributed by atoms with Crippen molar-refractivity contribution in [2.24, 2.45) is 22.7 Å². The van der Waals surface area contributed by atoms with Crippen molar-refractivity contribution >= 4 is 0 Å². The van der Waals surface area contributed by atoms with E-state index in [0.29, 0.717) is 10.8 Å². The molecule has 0 heterocycles. The van der Waals surface area contributed by atoms with Crippen LogP contribution >= 0.6 is 0 Å². The highest BCUT2D eigenvalue weighted by atomic mass is 14.5. The Hall–Kier alpha value is 0. The summed E-state index contributed by atoms with van der Waals surface area (Å²) in [6, 6.07) is 0. The lowest BCUT2D eigenvalue weighted by molar-refractivity contribution is 0.0195. The highest BCUT2D eigenvalue weighted by molar-refractivity contribution is 4.92. The Bertz CT molecular complexity index is 255. The van der Waals surface area contributed by atoms with Crippen molar-refractivity contribution in [2.75, 3.05) is 0 Å². The average Bonchev–Trinajstić information content (AvgIpc) is 2.56. The molecule has 21 heavy (non-hydrogen) atoms. The van der Waals surface area contributed by atoms with Gasteiger partial charge in [0.05, 0.1) is 0 Å². The van der Waals surface area contributed by atoms with E-state index in [1.165, 1.54) is 70.6 Å². The first kappa shape index (κ1) is 19.0. The van der Waals surface area contributed by atoms with Crippen molar-refractivity contribution in [1.29, 1.82) is 0 Å². The molecule has 1 aliphatic rings. The second-order valence-electron chi connectivity index (χ2n) is 8.15. The van der Waals surface area contributed by atoms with Gasteiger partial charge in [-0.3, -0.25) is 0 Å². The van der Waals surface area contributed by atoms with Crippen molar-refractivity contribution in [3.05, 3.63) is 0 Å². The van der Waals surface area contributed by atoms with Crippen LogP contribution in [-0.4, -0.2) is 0 Å². The highest BCUT2D eigenvalue weighted by Crippen LogP contribution is 2.52. The fourth-order valence-electron chi connectivity index (χ4n) is 5.03. The third-order valence-electron chi connectivity index (χ3n) is 7.54. The summed E-state index contributed by atoms with van der Waals surface area (Å²) in [5.41, 5.74) is 1.17. The zero-order chi connectivity index (χ0) is 15.9. The van der Waals surface area contributed by atoms with E-state index in [1.54, 1.807) is 0 Å². The molecule has 0 amide bonds. The van der Waals surface area contributed by atoms with Gasteiger partial charge in [0.2, 0.25) is 0 Å². The SMILES string of the molecule is CCC(C)(CC)CC(C1CCCCC1)C(CC)(CC)CC. The van der Waals surface area contributed by atoms with Crippen molar-refractivity contribution in [3.63, 3.8) is 0 Å². The van der Waals surface area contributed by atoms with Crippen LogP contribution in [0.25, 0.3) is 0 Å². The lowest BCUT2D eigenvalue weighted by Crippen LogP contribution is -2.38. The zero-order valence-corrected chi connectivity index (χ0v) is 15.9. The minimum absolute atomic E-state index is 0.562. The van der Waals surface area contributed by atoms with Crippen LogP contribution < -0.4 is 0 Å². The normalized spacial score (nSPS) is 19.7. The molecule has 0 aromatic rings. The van der Waals surface area contributed by atoms with E-state index in [-0.39, 0.29) is 0 Å². The maximum absolute atomic E-state index is 2.55. The Morgan fingerprint density at radius 2 is 1.24 bits per heavy atom.